The van der Waals surface area contributed by atoms with Gasteiger partial charge in [-0.05, 0) is 31.3 Å². The van der Waals surface area contributed by atoms with E-state index in [0.29, 0.717) is 6.42 Å². The lowest BCUT2D eigenvalue weighted by Crippen LogP contribution is -2.69. The van der Waals surface area contributed by atoms with Crippen molar-refractivity contribution in [3.8, 4) is 0 Å². The Morgan fingerprint density at radius 3 is 2.61 bits per heavy atom. The quantitative estimate of drug-likeness (QED) is 0.658. The van der Waals surface area contributed by atoms with E-state index in [0.717, 1.165) is 5.57 Å². The van der Waals surface area contributed by atoms with Crippen LogP contribution >= 0.6 is 0 Å². The average molecular weight is 392 g/mol. The first kappa shape index (κ1) is 19.1. The Morgan fingerprint density at radius 1 is 1.29 bits per heavy atom. The van der Waals surface area contributed by atoms with Crippen LogP contribution in [0.4, 0.5) is 0 Å². The summed E-state index contributed by atoms with van der Waals surface area (Å²) >= 11 is 0. The molecule has 0 radical (unpaired) electrons. The number of carboxylic acid groups (broad SMARTS) is 1. The Morgan fingerprint density at radius 2 is 1.96 bits per heavy atom. The van der Waals surface area contributed by atoms with Crippen LogP contribution in [0.3, 0.4) is 0 Å². The van der Waals surface area contributed by atoms with Gasteiger partial charge in [0, 0.05) is 11.8 Å². The van der Waals surface area contributed by atoms with E-state index in [2.05, 4.69) is 0 Å². The van der Waals surface area contributed by atoms with Crippen LogP contribution in [0.15, 0.2) is 11.6 Å². The van der Waals surface area contributed by atoms with Crippen LogP contribution in [0.25, 0.3) is 0 Å². The lowest BCUT2D eigenvalue weighted by atomic mass is 9.42. The lowest BCUT2D eigenvalue weighted by molar-refractivity contribution is -0.230. The highest BCUT2D eigenvalue weighted by Gasteiger charge is 2.75. The van der Waals surface area contributed by atoms with Crippen LogP contribution < -0.4 is 0 Å². The maximum Gasteiger partial charge on any atom is 0.310 e. The first-order valence-electron chi connectivity index (χ1n) is 9.54. The lowest BCUT2D eigenvalue weighted by Gasteiger charge is -2.61. The van der Waals surface area contributed by atoms with Crippen molar-refractivity contribution in [2.24, 2.45) is 34.5 Å². The number of aliphatic hydroxyl groups excluding tert-OH is 1. The maximum atomic E-state index is 12.9. The molecule has 8 heteroatoms. The minimum atomic E-state index is -1.41. The van der Waals surface area contributed by atoms with E-state index in [4.69, 9.17) is 9.47 Å². The molecule has 3 fully saturated rings. The first-order chi connectivity index (χ1) is 13.0. The number of cyclic esters (lactones) is 1. The van der Waals surface area contributed by atoms with Crippen molar-refractivity contribution in [2.75, 3.05) is 6.61 Å². The highest BCUT2D eigenvalue weighted by Crippen LogP contribution is 2.67. The molecule has 0 unspecified atom stereocenters. The number of aliphatic carboxylic acids is 1. The molecule has 1 saturated carbocycles. The normalized spacial score (nSPS) is 47.3. The molecule has 0 bridgehead atoms. The highest BCUT2D eigenvalue weighted by atomic mass is 16.6. The molecule has 1 spiro atoms. The van der Waals surface area contributed by atoms with Crippen molar-refractivity contribution in [2.45, 2.75) is 45.8 Å². The van der Waals surface area contributed by atoms with E-state index in [1.165, 1.54) is 6.08 Å². The molecule has 4 rings (SSSR count). The monoisotopic (exact) mass is 392 g/mol. The Kier molecular flexibility index (Phi) is 4.02. The zero-order chi connectivity index (χ0) is 20.6. The molecular formula is C20H24O8. The maximum absolute atomic E-state index is 12.9. The van der Waals surface area contributed by atoms with Gasteiger partial charge in [0.1, 0.15) is 18.8 Å². The number of hydrogen-bond acceptors (Lipinski definition) is 7. The van der Waals surface area contributed by atoms with Crippen LogP contribution in [-0.4, -0.2) is 52.7 Å². The van der Waals surface area contributed by atoms with Gasteiger partial charge < -0.3 is 19.7 Å². The predicted octanol–water partition coefficient (Wildman–Crippen LogP) is 0.714. The molecule has 28 heavy (non-hydrogen) atoms. The second kappa shape index (κ2) is 5.89. The van der Waals surface area contributed by atoms with E-state index >= 15 is 0 Å². The van der Waals surface area contributed by atoms with Gasteiger partial charge in [-0.2, -0.15) is 0 Å². The minimum absolute atomic E-state index is 0.0806. The molecule has 2 N–H and O–H groups in total. The number of carbonyl (C=O) groups excluding carboxylic acids is 3. The summed E-state index contributed by atoms with van der Waals surface area (Å²) in [5.41, 5.74) is -1.51. The van der Waals surface area contributed by atoms with Crippen LogP contribution in [0.1, 0.15) is 33.6 Å². The predicted molar refractivity (Wildman–Crippen MR) is 92.7 cm³/mol. The SMILES string of the molecule is CC1=CC(=O)[C@@H](O)[C@@]2(C)[C@@H]1C[C@H]1OC(=O)[C@@H](C)[C@H](CC(=O)O)[C@]13COC(=O)[C@H]23. The summed E-state index contributed by atoms with van der Waals surface area (Å²) in [5, 5.41) is 20.3. The van der Waals surface area contributed by atoms with E-state index in [9.17, 15) is 29.4 Å². The largest absolute Gasteiger partial charge is 0.481 e. The summed E-state index contributed by atoms with van der Waals surface area (Å²) < 4.78 is 11.1. The molecule has 8 nitrogen and oxygen atoms in total. The van der Waals surface area contributed by atoms with Crippen molar-refractivity contribution < 1.29 is 38.9 Å². The van der Waals surface area contributed by atoms with Crippen molar-refractivity contribution in [1.29, 1.82) is 0 Å². The van der Waals surface area contributed by atoms with Crippen molar-refractivity contribution in [3.05, 3.63) is 11.6 Å². The van der Waals surface area contributed by atoms with E-state index in [-0.39, 0.29) is 18.9 Å². The van der Waals surface area contributed by atoms with Crippen LogP contribution in [0.2, 0.25) is 0 Å². The smallest absolute Gasteiger partial charge is 0.310 e. The van der Waals surface area contributed by atoms with Gasteiger partial charge in [-0.1, -0.05) is 19.4 Å². The number of rotatable bonds is 2. The van der Waals surface area contributed by atoms with E-state index in [1.807, 2.05) is 0 Å². The summed E-state index contributed by atoms with van der Waals surface area (Å²) in [5.74, 6) is -5.35. The average Bonchev–Trinajstić information content (AvgIpc) is 2.97. The van der Waals surface area contributed by atoms with Crippen LogP contribution in [-0.2, 0) is 28.7 Å². The fourth-order valence-electron chi connectivity index (χ4n) is 6.47. The molecule has 8 atom stereocenters. The van der Waals surface area contributed by atoms with Crippen molar-refractivity contribution in [1.82, 2.24) is 0 Å². The molecule has 0 aromatic heterocycles. The minimum Gasteiger partial charge on any atom is -0.481 e. The summed E-state index contributed by atoms with van der Waals surface area (Å²) in [6.07, 6.45) is -0.747. The Labute approximate surface area is 161 Å². The van der Waals surface area contributed by atoms with Crippen molar-refractivity contribution >= 4 is 23.7 Å². The summed E-state index contributed by atoms with van der Waals surface area (Å²) in [6, 6.07) is 0. The van der Waals surface area contributed by atoms with Gasteiger partial charge >= 0.3 is 17.9 Å². The molecule has 152 valence electrons. The third kappa shape index (κ3) is 2.15. The zero-order valence-electron chi connectivity index (χ0n) is 16.0. The number of carboxylic acids is 1. The van der Waals surface area contributed by atoms with E-state index < -0.39 is 64.5 Å². The summed E-state index contributed by atoms with van der Waals surface area (Å²) in [7, 11) is 0. The standard InChI is InChI=1S/C20H24O8/c1-8-4-12(21)16(24)19(3)10(8)5-13-20(7-27-18(26)15(19)20)11(6-14(22)23)9(2)17(25)28-13/h4,9-11,13,15-16,24H,5-7H2,1-3H3,(H,22,23)/t9-,10+,11-,13+,15+,16+,19-,20+/m0/s1. The Balaban J connectivity index is 1.93. The third-order valence-corrected chi connectivity index (χ3v) is 7.76. The van der Waals surface area contributed by atoms with Gasteiger partial charge in [-0.15, -0.1) is 0 Å². The molecule has 0 aromatic carbocycles. The van der Waals surface area contributed by atoms with Gasteiger partial charge in [0.2, 0.25) is 0 Å². The number of ketones is 1. The summed E-state index contributed by atoms with van der Waals surface area (Å²) in [4.78, 5) is 49.5. The number of carbonyl (C=O) groups is 4. The molecule has 2 aliphatic carbocycles. The van der Waals surface area contributed by atoms with Gasteiger partial charge in [-0.25, -0.2) is 0 Å². The number of hydrogen-bond donors (Lipinski definition) is 2. The second-order valence-corrected chi connectivity index (χ2v) is 8.92. The molecule has 4 aliphatic rings. The van der Waals surface area contributed by atoms with Crippen LogP contribution in [0.5, 0.6) is 0 Å². The van der Waals surface area contributed by atoms with E-state index in [1.54, 1.807) is 20.8 Å². The molecule has 0 amide bonds. The zero-order valence-corrected chi connectivity index (χ0v) is 16.0. The number of aliphatic hydroxyl groups is 1. The van der Waals surface area contributed by atoms with Gasteiger partial charge in [-0.3, -0.25) is 19.2 Å². The van der Waals surface area contributed by atoms with Crippen molar-refractivity contribution in [3.63, 3.8) is 0 Å². The molecule has 2 heterocycles. The molecular weight excluding hydrogens is 368 g/mol. The molecule has 2 aliphatic heterocycles. The highest BCUT2D eigenvalue weighted by molar-refractivity contribution is 5.97. The topological polar surface area (TPSA) is 127 Å². The molecule has 0 aromatic rings. The number of allylic oxidation sites excluding steroid dienone is 1. The Hall–Kier alpha value is -2.22. The number of esters is 2. The van der Waals surface area contributed by atoms with Gasteiger partial charge in [0.25, 0.3) is 0 Å². The fraction of sp³-hybridized carbons (Fsp3) is 0.700. The Bertz CT molecular complexity index is 815. The number of fused-ring (bicyclic) bond motifs is 2. The third-order valence-electron chi connectivity index (χ3n) is 7.76. The first-order valence-corrected chi connectivity index (χ1v) is 9.54. The van der Waals surface area contributed by atoms with Gasteiger partial charge in [0.15, 0.2) is 5.78 Å². The second-order valence-electron chi connectivity index (χ2n) is 8.92. The van der Waals surface area contributed by atoms with Crippen LogP contribution in [0, 0.1) is 34.5 Å². The number of ether oxygens (including phenoxy) is 2. The molecule has 2 saturated heterocycles. The fourth-order valence-corrected chi connectivity index (χ4v) is 6.47. The van der Waals surface area contributed by atoms with Gasteiger partial charge in [0.05, 0.1) is 17.3 Å². The summed E-state index contributed by atoms with van der Waals surface area (Å²) in [6.45, 7) is 4.98.